The zero-order valence-corrected chi connectivity index (χ0v) is 9.33. The van der Waals surface area contributed by atoms with Gasteiger partial charge in [0.1, 0.15) is 11.3 Å². The van der Waals surface area contributed by atoms with Crippen LogP contribution in [0.25, 0.3) is 0 Å². The quantitative estimate of drug-likeness (QED) is 0.227. The lowest BCUT2D eigenvalue weighted by atomic mass is 10.1. The molecule has 84 valence electrons. The minimum Gasteiger partial charge on any atom is -0.500 e. The van der Waals surface area contributed by atoms with Crippen LogP contribution in [0, 0.1) is 5.92 Å². The number of ketones is 1. The molecule has 4 nitrogen and oxygen atoms in total. The molecule has 0 aromatic heterocycles. The van der Waals surface area contributed by atoms with E-state index in [0.29, 0.717) is 5.76 Å². The molecule has 1 aliphatic carbocycles. The summed E-state index contributed by atoms with van der Waals surface area (Å²) in [6.45, 7) is 3.57. The Morgan fingerprint density at radius 1 is 1.33 bits per heavy atom. The SMILES string of the molecule is CCOC(=O)C(C(=O)C1CC1)=C(C)OC. The van der Waals surface area contributed by atoms with Gasteiger partial charge < -0.3 is 9.47 Å². The third-order valence-electron chi connectivity index (χ3n) is 2.33. The van der Waals surface area contributed by atoms with Crippen molar-refractivity contribution in [3.8, 4) is 0 Å². The van der Waals surface area contributed by atoms with Crippen LogP contribution in [-0.2, 0) is 19.1 Å². The molecule has 0 aliphatic heterocycles. The minimum atomic E-state index is -0.575. The molecule has 1 rings (SSSR count). The maximum atomic E-state index is 11.8. The molecule has 0 radical (unpaired) electrons. The van der Waals surface area contributed by atoms with E-state index in [1.54, 1.807) is 13.8 Å². The third-order valence-corrected chi connectivity index (χ3v) is 2.33. The van der Waals surface area contributed by atoms with Gasteiger partial charge in [0.15, 0.2) is 5.78 Å². The second-order valence-corrected chi connectivity index (χ2v) is 3.49. The number of hydrogen-bond acceptors (Lipinski definition) is 4. The van der Waals surface area contributed by atoms with Crippen molar-refractivity contribution in [2.24, 2.45) is 5.92 Å². The highest BCUT2D eigenvalue weighted by Gasteiger charge is 2.36. The summed E-state index contributed by atoms with van der Waals surface area (Å²) in [5.41, 5.74) is 0.0712. The Morgan fingerprint density at radius 3 is 2.33 bits per heavy atom. The molecule has 1 saturated carbocycles. The van der Waals surface area contributed by atoms with Crippen LogP contribution in [0.15, 0.2) is 11.3 Å². The monoisotopic (exact) mass is 212 g/mol. The van der Waals surface area contributed by atoms with Crippen LogP contribution in [0.2, 0.25) is 0 Å². The van der Waals surface area contributed by atoms with E-state index in [1.165, 1.54) is 7.11 Å². The van der Waals surface area contributed by atoms with Crippen molar-refractivity contribution >= 4 is 11.8 Å². The van der Waals surface area contributed by atoms with Crippen LogP contribution in [0.5, 0.6) is 0 Å². The maximum absolute atomic E-state index is 11.8. The molecule has 4 heteroatoms. The van der Waals surface area contributed by atoms with E-state index in [1.807, 2.05) is 0 Å². The Balaban J connectivity index is 2.86. The van der Waals surface area contributed by atoms with Gasteiger partial charge in [-0.2, -0.15) is 0 Å². The van der Waals surface area contributed by atoms with Gasteiger partial charge in [-0.15, -0.1) is 0 Å². The first-order valence-electron chi connectivity index (χ1n) is 5.08. The number of rotatable bonds is 5. The number of carbonyl (C=O) groups excluding carboxylic acids is 2. The second kappa shape index (κ2) is 4.96. The van der Waals surface area contributed by atoms with Gasteiger partial charge >= 0.3 is 5.97 Å². The van der Waals surface area contributed by atoms with E-state index in [0.717, 1.165) is 12.8 Å². The van der Waals surface area contributed by atoms with Crippen molar-refractivity contribution in [1.82, 2.24) is 0 Å². The first-order chi connectivity index (χ1) is 7.11. The number of Topliss-reactive ketones (excluding diaryl/α,β-unsaturated/α-hetero) is 1. The Kier molecular flexibility index (Phi) is 3.88. The number of ether oxygens (including phenoxy) is 2. The van der Waals surface area contributed by atoms with E-state index in [9.17, 15) is 9.59 Å². The zero-order chi connectivity index (χ0) is 11.4. The predicted octanol–water partition coefficient (Wildman–Crippen LogP) is 1.45. The fourth-order valence-corrected chi connectivity index (χ4v) is 1.27. The Bertz CT molecular complexity index is 300. The van der Waals surface area contributed by atoms with Gasteiger partial charge in [0.05, 0.1) is 13.7 Å². The summed E-state index contributed by atoms with van der Waals surface area (Å²) in [5.74, 6) is -0.388. The molecule has 0 heterocycles. The standard InChI is InChI=1S/C11H16O4/c1-4-15-11(13)9(7(2)14-3)10(12)8-5-6-8/h8H,4-6H2,1-3H3. The van der Waals surface area contributed by atoms with E-state index in [4.69, 9.17) is 9.47 Å². The molecule has 0 aromatic rings. The van der Waals surface area contributed by atoms with E-state index < -0.39 is 5.97 Å². The summed E-state index contributed by atoms with van der Waals surface area (Å²) in [5, 5.41) is 0. The van der Waals surface area contributed by atoms with Crippen LogP contribution >= 0.6 is 0 Å². The van der Waals surface area contributed by atoms with Crippen LogP contribution in [0.3, 0.4) is 0 Å². The van der Waals surface area contributed by atoms with Crippen molar-refractivity contribution < 1.29 is 19.1 Å². The lowest BCUT2D eigenvalue weighted by molar-refractivity contribution is -0.140. The molecule has 1 aliphatic rings. The average molecular weight is 212 g/mol. The molecular weight excluding hydrogens is 196 g/mol. The van der Waals surface area contributed by atoms with Gasteiger partial charge in [-0.3, -0.25) is 4.79 Å². The number of esters is 1. The third kappa shape index (κ3) is 2.81. The smallest absolute Gasteiger partial charge is 0.345 e. The van der Waals surface area contributed by atoms with E-state index in [-0.39, 0.29) is 23.9 Å². The molecular formula is C11H16O4. The van der Waals surface area contributed by atoms with Gasteiger partial charge in [-0.05, 0) is 26.7 Å². The van der Waals surface area contributed by atoms with Gasteiger partial charge in [0.2, 0.25) is 0 Å². The molecule has 0 atom stereocenters. The van der Waals surface area contributed by atoms with Crippen LogP contribution in [0.4, 0.5) is 0 Å². The molecule has 0 spiro atoms. The first kappa shape index (κ1) is 11.8. The van der Waals surface area contributed by atoms with Crippen molar-refractivity contribution in [3.63, 3.8) is 0 Å². The van der Waals surface area contributed by atoms with Crippen molar-refractivity contribution in [3.05, 3.63) is 11.3 Å². The normalized spacial score (nSPS) is 16.7. The topological polar surface area (TPSA) is 52.6 Å². The van der Waals surface area contributed by atoms with Crippen molar-refractivity contribution in [2.75, 3.05) is 13.7 Å². The highest BCUT2D eigenvalue weighted by Crippen LogP contribution is 2.33. The lowest BCUT2D eigenvalue weighted by Gasteiger charge is -2.08. The number of methoxy groups -OCH3 is 1. The molecule has 0 saturated heterocycles. The average Bonchev–Trinajstić information content (AvgIpc) is 3.01. The van der Waals surface area contributed by atoms with E-state index in [2.05, 4.69) is 0 Å². The van der Waals surface area contributed by atoms with Crippen molar-refractivity contribution in [2.45, 2.75) is 26.7 Å². The predicted molar refractivity (Wildman–Crippen MR) is 54.1 cm³/mol. The van der Waals surface area contributed by atoms with Gasteiger partial charge in [-0.1, -0.05) is 0 Å². The molecule has 0 N–H and O–H groups in total. The van der Waals surface area contributed by atoms with Crippen LogP contribution in [0.1, 0.15) is 26.7 Å². The Hall–Kier alpha value is -1.32. The fraction of sp³-hybridized carbons (Fsp3) is 0.636. The minimum absolute atomic E-state index is 0.00509. The highest BCUT2D eigenvalue weighted by atomic mass is 16.5. The Labute approximate surface area is 89.2 Å². The zero-order valence-electron chi connectivity index (χ0n) is 9.33. The summed E-state index contributed by atoms with van der Waals surface area (Å²) in [6, 6.07) is 0. The summed E-state index contributed by atoms with van der Waals surface area (Å²) in [4.78, 5) is 23.3. The second-order valence-electron chi connectivity index (χ2n) is 3.49. The van der Waals surface area contributed by atoms with Gasteiger partial charge in [0, 0.05) is 5.92 Å². The number of allylic oxidation sites excluding steroid dienone is 1. The van der Waals surface area contributed by atoms with Gasteiger partial charge in [-0.25, -0.2) is 4.79 Å². The summed E-state index contributed by atoms with van der Waals surface area (Å²) in [7, 11) is 1.44. The largest absolute Gasteiger partial charge is 0.500 e. The maximum Gasteiger partial charge on any atom is 0.345 e. The summed E-state index contributed by atoms with van der Waals surface area (Å²) < 4.78 is 9.77. The van der Waals surface area contributed by atoms with Crippen LogP contribution < -0.4 is 0 Å². The fourth-order valence-electron chi connectivity index (χ4n) is 1.27. The molecule has 1 fully saturated rings. The molecule has 15 heavy (non-hydrogen) atoms. The summed E-state index contributed by atoms with van der Waals surface area (Å²) in [6.07, 6.45) is 1.72. The molecule has 0 amide bonds. The van der Waals surface area contributed by atoms with Crippen molar-refractivity contribution in [1.29, 1.82) is 0 Å². The molecule has 0 bridgehead atoms. The van der Waals surface area contributed by atoms with E-state index >= 15 is 0 Å². The lowest BCUT2D eigenvalue weighted by Crippen LogP contribution is -2.19. The Morgan fingerprint density at radius 2 is 1.93 bits per heavy atom. The number of hydrogen-bond donors (Lipinski definition) is 0. The van der Waals surface area contributed by atoms with Crippen LogP contribution in [-0.4, -0.2) is 25.5 Å². The summed E-state index contributed by atoms with van der Waals surface area (Å²) >= 11 is 0. The highest BCUT2D eigenvalue weighted by molar-refractivity contribution is 6.19. The first-order valence-corrected chi connectivity index (χ1v) is 5.08. The molecule has 0 aromatic carbocycles. The number of carbonyl (C=O) groups is 2. The van der Waals surface area contributed by atoms with Gasteiger partial charge in [0.25, 0.3) is 0 Å². The molecule has 0 unspecified atom stereocenters.